The number of hydrogen-bond acceptors (Lipinski definition) is 8. The summed E-state index contributed by atoms with van der Waals surface area (Å²) in [6.45, 7) is -2.47. The summed E-state index contributed by atoms with van der Waals surface area (Å²) in [5, 5.41) is 65.2. The Bertz CT molecular complexity index is 241. The lowest BCUT2D eigenvalue weighted by atomic mass is 9.85. The Morgan fingerprint density at radius 2 is 1.41 bits per heavy atom. The highest BCUT2D eigenvalue weighted by atomic mass is 16.6. The van der Waals surface area contributed by atoms with Gasteiger partial charge in [-0.3, -0.25) is 0 Å². The van der Waals surface area contributed by atoms with Gasteiger partial charge in [-0.15, -0.1) is 0 Å². The van der Waals surface area contributed by atoms with Gasteiger partial charge < -0.3 is 40.5 Å². The highest BCUT2D eigenvalue weighted by Gasteiger charge is 2.51. The van der Waals surface area contributed by atoms with Gasteiger partial charge in [-0.1, -0.05) is 0 Å². The van der Waals surface area contributed by atoms with E-state index in [0.29, 0.717) is 0 Å². The van der Waals surface area contributed by atoms with E-state index in [2.05, 4.69) is 0 Å². The second-order valence-electron chi connectivity index (χ2n) is 4.17. The Labute approximate surface area is 97.3 Å². The molecule has 1 aliphatic heterocycles. The summed E-state index contributed by atoms with van der Waals surface area (Å²) in [6.07, 6.45) is -7.61. The molecule has 5 atom stereocenters. The van der Waals surface area contributed by atoms with Crippen LogP contribution in [0.15, 0.2) is 0 Å². The fourth-order valence-corrected chi connectivity index (χ4v) is 1.78. The molecule has 0 radical (unpaired) electrons. The van der Waals surface area contributed by atoms with Crippen LogP contribution in [0.4, 0.5) is 0 Å². The van der Waals surface area contributed by atoms with E-state index in [-0.39, 0.29) is 0 Å². The van der Waals surface area contributed by atoms with Crippen LogP contribution in [0, 0.1) is 0 Å². The fraction of sp³-hybridized carbons (Fsp3) is 1.00. The first kappa shape index (κ1) is 14.7. The minimum Gasteiger partial charge on any atom is -0.394 e. The average molecular weight is 254 g/mol. The number of aliphatic hydroxyl groups is 7. The number of ether oxygens (including phenoxy) is 1. The Morgan fingerprint density at radius 1 is 0.882 bits per heavy atom. The zero-order chi connectivity index (χ0) is 13.2. The first-order valence-corrected chi connectivity index (χ1v) is 5.16. The van der Waals surface area contributed by atoms with Crippen LogP contribution in [0.3, 0.4) is 0 Å². The van der Waals surface area contributed by atoms with E-state index >= 15 is 0 Å². The van der Waals surface area contributed by atoms with Gasteiger partial charge in [0.2, 0.25) is 0 Å². The van der Waals surface area contributed by atoms with Crippen molar-refractivity contribution in [3.63, 3.8) is 0 Å². The summed E-state index contributed by atoms with van der Waals surface area (Å²) in [6, 6.07) is 0. The highest BCUT2D eigenvalue weighted by Crippen LogP contribution is 2.28. The van der Waals surface area contributed by atoms with Gasteiger partial charge in [0.15, 0.2) is 0 Å². The Kier molecular flexibility index (Phi) is 4.81. The van der Waals surface area contributed by atoms with Crippen LogP contribution in [0.2, 0.25) is 0 Å². The molecule has 7 N–H and O–H groups in total. The first-order chi connectivity index (χ1) is 7.91. The molecule has 1 unspecified atom stereocenters. The van der Waals surface area contributed by atoms with E-state index in [1.165, 1.54) is 0 Å². The van der Waals surface area contributed by atoms with E-state index in [9.17, 15) is 20.4 Å². The van der Waals surface area contributed by atoms with Crippen LogP contribution in [-0.4, -0.2) is 91.7 Å². The molecule has 1 rings (SSSR count). The molecule has 1 saturated heterocycles. The van der Waals surface area contributed by atoms with Gasteiger partial charge in [0.25, 0.3) is 0 Å². The van der Waals surface area contributed by atoms with Crippen molar-refractivity contribution in [3.8, 4) is 0 Å². The van der Waals surface area contributed by atoms with Gasteiger partial charge in [-0.2, -0.15) is 0 Å². The molecular formula is C9H18O8. The molecule has 1 fully saturated rings. The molecule has 0 aromatic rings. The SMILES string of the molecule is OC[C@H]1OC(C(O)(CO)CO)[C@H](O)[C@@H](O)[C@H]1O. The lowest BCUT2D eigenvalue weighted by molar-refractivity contribution is -0.280. The zero-order valence-electron chi connectivity index (χ0n) is 9.05. The third-order valence-electron chi connectivity index (χ3n) is 2.97. The minimum absolute atomic E-state index is 0.644. The van der Waals surface area contributed by atoms with Crippen LogP contribution in [-0.2, 0) is 4.74 Å². The zero-order valence-corrected chi connectivity index (χ0v) is 9.05. The molecule has 0 spiro atoms. The average Bonchev–Trinajstić information content (AvgIpc) is 2.35. The molecule has 0 amide bonds. The summed E-state index contributed by atoms with van der Waals surface area (Å²) in [4.78, 5) is 0. The van der Waals surface area contributed by atoms with Crippen molar-refractivity contribution in [3.05, 3.63) is 0 Å². The van der Waals surface area contributed by atoms with Gasteiger partial charge >= 0.3 is 0 Å². The fourth-order valence-electron chi connectivity index (χ4n) is 1.78. The van der Waals surface area contributed by atoms with E-state index < -0.39 is 55.9 Å². The van der Waals surface area contributed by atoms with Gasteiger partial charge in [-0.25, -0.2) is 0 Å². The maximum Gasteiger partial charge on any atom is 0.139 e. The third-order valence-corrected chi connectivity index (χ3v) is 2.97. The summed E-state index contributed by atoms with van der Waals surface area (Å²) in [5.41, 5.74) is -2.17. The quantitative estimate of drug-likeness (QED) is 0.265. The lowest BCUT2D eigenvalue weighted by Gasteiger charge is -2.45. The first-order valence-electron chi connectivity index (χ1n) is 5.16. The Balaban J connectivity index is 2.92. The van der Waals surface area contributed by atoms with E-state index in [4.69, 9.17) is 20.1 Å². The predicted molar refractivity (Wildman–Crippen MR) is 52.9 cm³/mol. The van der Waals surface area contributed by atoms with Crippen LogP contribution in [0.25, 0.3) is 0 Å². The highest BCUT2D eigenvalue weighted by molar-refractivity contribution is 5.00. The van der Waals surface area contributed by atoms with E-state index in [1.807, 2.05) is 0 Å². The number of rotatable bonds is 4. The third kappa shape index (κ3) is 2.59. The molecule has 8 nitrogen and oxygen atoms in total. The molecule has 0 saturated carbocycles. The topological polar surface area (TPSA) is 151 Å². The van der Waals surface area contributed by atoms with E-state index in [1.54, 1.807) is 0 Å². The minimum atomic E-state index is -2.17. The molecule has 1 aliphatic rings. The van der Waals surface area contributed by atoms with Crippen molar-refractivity contribution < 1.29 is 40.5 Å². The summed E-state index contributed by atoms with van der Waals surface area (Å²) in [7, 11) is 0. The van der Waals surface area contributed by atoms with Crippen molar-refractivity contribution >= 4 is 0 Å². The molecule has 17 heavy (non-hydrogen) atoms. The molecule has 1 heterocycles. The molecule has 102 valence electrons. The molecule has 0 bridgehead atoms. The van der Waals surface area contributed by atoms with Gasteiger partial charge in [0.1, 0.15) is 36.1 Å². The second kappa shape index (κ2) is 5.55. The molecular weight excluding hydrogens is 236 g/mol. The van der Waals surface area contributed by atoms with Crippen molar-refractivity contribution in [2.45, 2.75) is 36.1 Å². The summed E-state index contributed by atoms with van der Waals surface area (Å²) in [5.74, 6) is 0. The second-order valence-corrected chi connectivity index (χ2v) is 4.17. The van der Waals surface area contributed by atoms with Gasteiger partial charge in [-0.05, 0) is 0 Å². The van der Waals surface area contributed by atoms with Crippen LogP contribution < -0.4 is 0 Å². The van der Waals surface area contributed by atoms with Crippen molar-refractivity contribution in [2.75, 3.05) is 19.8 Å². The molecule has 0 aliphatic carbocycles. The largest absolute Gasteiger partial charge is 0.394 e. The smallest absolute Gasteiger partial charge is 0.139 e. The summed E-state index contributed by atoms with van der Waals surface area (Å²) < 4.78 is 5.00. The Morgan fingerprint density at radius 3 is 1.82 bits per heavy atom. The molecule has 8 heteroatoms. The van der Waals surface area contributed by atoms with Crippen LogP contribution in [0.5, 0.6) is 0 Å². The maximum absolute atomic E-state index is 9.78. The number of hydrogen-bond donors (Lipinski definition) is 7. The molecule has 0 aromatic carbocycles. The van der Waals surface area contributed by atoms with Crippen molar-refractivity contribution in [1.29, 1.82) is 0 Å². The monoisotopic (exact) mass is 254 g/mol. The van der Waals surface area contributed by atoms with Crippen LogP contribution >= 0.6 is 0 Å². The lowest BCUT2D eigenvalue weighted by Crippen LogP contribution is -2.67. The van der Waals surface area contributed by atoms with Gasteiger partial charge in [0, 0.05) is 0 Å². The predicted octanol–water partition coefficient (Wildman–Crippen LogP) is -4.46. The van der Waals surface area contributed by atoms with E-state index in [0.717, 1.165) is 0 Å². The van der Waals surface area contributed by atoms with Crippen molar-refractivity contribution in [1.82, 2.24) is 0 Å². The standard InChI is InChI=1S/C9H18O8/c10-1-4-5(13)6(14)7(15)8(17-4)9(16,2-11)3-12/h4-8,10-16H,1-3H2/t4-,5+,6+,7-,8?/m1/s1. The normalized spacial score (nSPS) is 39.4. The van der Waals surface area contributed by atoms with Crippen LogP contribution in [0.1, 0.15) is 0 Å². The Hall–Kier alpha value is -0.320. The summed E-state index contributed by atoms with van der Waals surface area (Å²) >= 11 is 0. The maximum atomic E-state index is 9.78. The van der Waals surface area contributed by atoms with Gasteiger partial charge in [0.05, 0.1) is 19.8 Å². The number of aliphatic hydroxyl groups excluding tert-OH is 6. The molecule has 0 aromatic heterocycles. The van der Waals surface area contributed by atoms with Crippen molar-refractivity contribution in [2.24, 2.45) is 0 Å².